The van der Waals surface area contributed by atoms with Crippen molar-refractivity contribution in [3.63, 3.8) is 0 Å². The van der Waals surface area contributed by atoms with Gasteiger partial charge in [-0.05, 0) is 47.2 Å². The van der Waals surface area contributed by atoms with Crippen molar-refractivity contribution in [2.75, 3.05) is 52.5 Å². The molecule has 7 nitrogen and oxygen atoms in total. The number of rotatable bonds is 10. The highest BCUT2D eigenvalue weighted by Crippen LogP contribution is 2.24. The summed E-state index contributed by atoms with van der Waals surface area (Å²) >= 11 is 0. The Morgan fingerprint density at radius 1 is 1.00 bits per heavy atom. The molecule has 5 rings (SSSR count). The number of carbonyl (C=O) groups excluding carboxylic acids is 1. The Balaban J connectivity index is 1.24. The van der Waals surface area contributed by atoms with Gasteiger partial charge >= 0.3 is 6.03 Å². The molecule has 0 bridgehead atoms. The van der Waals surface area contributed by atoms with E-state index in [1.165, 1.54) is 16.3 Å². The normalized spacial score (nSPS) is 19.3. The van der Waals surface area contributed by atoms with E-state index in [1.807, 2.05) is 4.90 Å². The second-order valence-corrected chi connectivity index (χ2v) is 11.1. The molecule has 2 fully saturated rings. The van der Waals surface area contributed by atoms with Gasteiger partial charge < -0.3 is 20.7 Å². The molecule has 2 aliphatic rings. The molecule has 2 unspecified atom stereocenters. The molecular weight excluding hydrogens is 486 g/mol. The number of urea groups is 1. The van der Waals surface area contributed by atoms with Crippen molar-refractivity contribution in [1.29, 1.82) is 0 Å². The van der Waals surface area contributed by atoms with E-state index in [-0.39, 0.29) is 12.1 Å². The third-order valence-corrected chi connectivity index (χ3v) is 8.03. The minimum absolute atomic E-state index is 0.0208. The van der Waals surface area contributed by atoms with Crippen LogP contribution in [-0.4, -0.2) is 79.3 Å². The number of morpholine rings is 1. The number of nitrogens with zero attached hydrogens (tertiary/aromatic N) is 3. The average molecular weight is 530 g/mol. The smallest absolute Gasteiger partial charge is 0.318 e. The van der Waals surface area contributed by atoms with E-state index in [1.54, 1.807) is 0 Å². The minimum Gasteiger partial charge on any atom is -0.379 e. The number of hydrogen-bond acceptors (Lipinski definition) is 5. The summed E-state index contributed by atoms with van der Waals surface area (Å²) in [6, 6.07) is 23.6. The molecule has 0 radical (unpaired) electrons. The summed E-state index contributed by atoms with van der Waals surface area (Å²) in [7, 11) is 0. The fourth-order valence-corrected chi connectivity index (χ4v) is 5.78. The zero-order valence-corrected chi connectivity index (χ0v) is 23.2. The molecule has 2 saturated heterocycles. The van der Waals surface area contributed by atoms with Crippen molar-refractivity contribution in [1.82, 2.24) is 20.0 Å². The van der Waals surface area contributed by atoms with E-state index in [2.05, 4.69) is 88.8 Å². The molecule has 0 saturated carbocycles. The van der Waals surface area contributed by atoms with Gasteiger partial charge in [0.25, 0.3) is 0 Å². The Morgan fingerprint density at radius 2 is 1.74 bits per heavy atom. The lowest BCUT2D eigenvalue weighted by Crippen LogP contribution is -2.43. The van der Waals surface area contributed by atoms with Crippen LogP contribution in [0.1, 0.15) is 42.5 Å². The first-order chi connectivity index (χ1) is 19.0. The number of nitrogens with two attached hydrogens (primary N) is 1. The molecule has 208 valence electrons. The van der Waals surface area contributed by atoms with Crippen molar-refractivity contribution < 1.29 is 9.53 Å². The fraction of sp³-hybridized carbons (Fsp3) is 0.469. The standard InChI is InChI=1S/C32H43N5O2/c1-25(30-9-4-7-28-6-2-3-8-31(28)30)34-32(38)37(16-5-15-35-18-20-39-21-19-35)23-27-12-10-26(11-13-27)22-36-17-14-29(33)24-36/h2-4,6-13,25,29H,5,14-24,33H2,1H3,(H,34,38). The van der Waals surface area contributed by atoms with E-state index in [0.29, 0.717) is 19.1 Å². The van der Waals surface area contributed by atoms with Crippen LogP contribution in [0.4, 0.5) is 4.79 Å². The van der Waals surface area contributed by atoms with Crippen LogP contribution in [-0.2, 0) is 17.8 Å². The third kappa shape index (κ3) is 7.57. The molecule has 2 heterocycles. The van der Waals surface area contributed by atoms with Crippen molar-refractivity contribution in [2.24, 2.45) is 5.73 Å². The first kappa shape index (κ1) is 27.6. The van der Waals surface area contributed by atoms with E-state index in [0.717, 1.165) is 76.5 Å². The number of hydrogen-bond donors (Lipinski definition) is 2. The highest BCUT2D eigenvalue weighted by atomic mass is 16.5. The second-order valence-electron chi connectivity index (χ2n) is 11.1. The average Bonchev–Trinajstić information content (AvgIpc) is 3.37. The van der Waals surface area contributed by atoms with Gasteiger partial charge in [-0.25, -0.2) is 4.79 Å². The first-order valence-electron chi connectivity index (χ1n) is 14.4. The van der Waals surface area contributed by atoms with Crippen LogP contribution in [0.5, 0.6) is 0 Å². The van der Waals surface area contributed by atoms with Gasteiger partial charge in [0.2, 0.25) is 0 Å². The number of nitrogens with one attached hydrogen (secondary N) is 1. The first-order valence-corrected chi connectivity index (χ1v) is 14.4. The molecular formula is C32H43N5O2. The van der Waals surface area contributed by atoms with Crippen LogP contribution >= 0.6 is 0 Å². The van der Waals surface area contributed by atoms with Gasteiger partial charge in [-0.1, -0.05) is 66.7 Å². The number of ether oxygens (including phenoxy) is 1. The Labute approximate surface area is 232 Å². The predicted molar refractivity (Wildman–Crippen MR) is 157 cm³/mol. The lowest BCUT2D eigenvalue weighted by molar-refractivity contribution is 0.0364. The summed E-state index contributed by atoms with van der Waals surface area (Å²) in [5, 5.41) is 5.67. The second kappa shape index (κ2) is 13.4. The quantitative estimate of drug-likeness (QED) is 0.408. The van der Waals surface area contributed by atoms with Gasteiger partial charge in [0.15, 0.2) is 0 Å². The van der Waals surface area contributed by atoms with Crippen molar-refractivity contribution in [3.05, 3.63) is 83.4 Å². The summed E-state index contributed by atoms with van der Waals surface area (Å²) in [6.07, 6.45) is 2.01. The SMILES string of the molecule is CC(NC(=O)N(CCCN1CCOCC1)Cc1ccc(CN2CCC(N)C2)cc1)c1cccc2ccccc12. The van der Waals surface area contributed by atoms with Crippen LogP contribution in [0.2, 0.25) is 0 Å². The zero-order chi connectivity index (χ0) is 27.0. The molecule has 0 aromatic heterocycles. The molecule has 7 heteroatoms. The predicted octanol–water partition coefficient (Wildman–Crippen LogP) is 4.37. The van der Waals surface area contributed by atoms with Gasteiger partial charge in [0.1, 0.15) is 0 Å². The number of amides is 2. The van der Waals surface area contributed by atoms with Crippen molar-refractivity contribution >= 4 is 16.8 Å². The van der Waals surface area contributed by atoms with Gasteiger partial charge in [-0.3, -0.25) is 9.80 Å². The molecule has 3 aromatic rings. The van der Waals surface area contributed by atoms with E-state index < -0.39 is 0 Å². The highest BCUT2D eigenvalue weighted by Gasteiger charge is 2.21. The number of benzene rings is 3. The molecule has 0 spiro atoms. The molecule has 3 aromatic carbocycles. The molecule has 2 amide bonds. The highest BCUT2D eigenvalue weighted by molar-refractivity contribution is 5.86. The number of fused-ring (bicyclic) bond motifs is 1. The third-order valence-electron chi connectivity index (χ3n) is 8.03. The summed E-state index contributed by atoms with van der Waals surface area (Å²) < 4.78 is 5.49. The van der Waals surface area contributed by atoms with E-state index >= 15 is 0 Å². The molecule has 3 N–H and O–H groups in total. The van der Waals surface area contributed by atoms with Gasteiger partial charge in [-0.15, -0.1) is 0 Å². The summed E-state index contributed by atoms with van der Waals surface area (Å²) in [5.41, 5.74) is 9.66. The Kier molecular flexibility index (Phi) is 9.48. The van der Waals surface area contributed by atoms with Crippen molar-refractivity contribution in [2.45, 2.75) is 44.9 Å². The van der Waals surface area contributed by atoms with Crippen molar-refractivity contribution in [3.8, 4) is 0 Å². The fourth-order valence-electron chi connectivity index (χ4n) is 5.78. The van der Waals surface area contributed by atoms with Gasteiger partial charge in [0.05, 0.1) is 19.3 Å². The molecule has 0 aliphatic carbocycles. The summed E-state index contributed by atoms with van der Waals surface area (Å²) in [4.78, 5) is 20.5. The van der Waals surface area contributed by atoms with Crippen LogP contribution < -0.4 is 11.1 Å². The van der Waals surface area contributed by atoms with Gasteiger partial charge in [0, 0.05) is 58.4 Å². The number of carbonyl (C=O) groups is 1. The van der Waals surface area contributed by atoms with E-state index in [9.17, 15) is 4.79 Å². The summed E-state index contributed by atoms with van der Waals surface area (Å²) in [6.45, 7) is 10.8. The van der Waals surface area contributed by atoms with Crippen LogP contribution in [0.25, 0.3) is 10.8 Å². The maximum absolute atomic E-state index is 13.6. The topological polar surface area (TPSA) is 74.1 Å². The zero-order valence-electron chi connectivity index (χ0n) is 23.2. The van der Waals surface area contributed by atoms with Crippen LogP contribution in [0.3, 0.4) is 0 Å². The number of likely N-dealkylation sites (tertiary alicyclic amines) is 1. The Bertz CT molecular complexity index is 1210. The minimum atomic E-state index is -0.0976. The lowest BCUT2D eigenvalue weighted by atomic mass is 10.00. The molecule has 39 heavy (non-hydrogen) atoms. The maximum atomic E-state index is 13.6. The largest absolute Gasteiger partial charge is 0.379 e. The van der Waals surface area contributed by atoms with Crippen LogP contribution in [0.15, 0.2) is 66.7 Å². The lowest BCUT2D eigenvalue weighted by Gasteiger charge is -2.29. The van der Waals surface area contributed by atoms with Crippen LogP contribution in [0, 0.1) is 0 Å². The maximum Gasteiger partial charge on any atom is 0.318 e. The molecule has 2 atom stereocenters. The Hall–Kier alpha value is -2.97. The van der Waals surface area contributed by atoms with E-state index in [4.69, 9.17) is 10.5 Å². The summed E-state index contributed by atoms with van der Waals surface area (Å²) in [5.74, 6) is 0. The monoisotopic (exact) mass is 529 g/mol. The van der Waals surface area contributed by atoms with Gasteiger partial charge in [-0.2, -0.15) is 0 Å². The molecule has 2 aliphatic heterocycles. The Morgan fingerprint density at radius 3 is 2.51 bits per heavy atom.